The van der Waals surface area contributed by atoms with E-state index in [-0.39, 0.29) is 35.7 Å². The normalized spacial score (nSPS) is 18.6. The molecule has 16 heteroatoms. The minimum atomic E-state index is -1.79. The maximum Gasteiger partial charge on any atom is 0.407 e. The molecule has 0 unspecified atom stereocenters. The fraction of sp³-hybridized carbons (Fsp3) is 0.455. The van der Waals surface area contributed by atoms with Crippen molar-refractivity contribution in [1.82, 2.24) is 40.4 Å². The largest absolute Gasteiger partial charge is 0.496 e. The zero-order valence-electron chi connectivity index (χ0n) is 35.8. The van der Waals surface area contributed by atoms with Crippen LogP contribution in [-0.4, -0.2) is 108 Å². The Morgan fingerprint density at radius 3 is 2.10 bits per heavy atom. The Kier molecular flexibility index (Phi) is 12.0. The van der Waals surface area contributed by atoms with Crippen molar-refractivity contribution in [3.05, 3.63) is 66.4 Å². The topological polar surface area (TPSA) is 184 Å². The minimum Gasteiger partial charge on any atom is -0.496 e. The Balaban J connectivity index is 1.13. The molecule has 0 saturated carbocycles. The molecule has 4 N–H and O–H groups in total. The minimum absolute atomic E-state index is 0.121. The standard InChI is InChI=1S/C44H56N8O7Si/c1-24(2)36(49-43(55)58-6)41(53)51-18-10-11-33(51)40-46-31-17-14-28-19-26(12-15-29(28)38(31)48-40)27-13-16-30(35(20-27)57-5)32-21-45-39(47-32)34-22-60(8,9)23-52(34)42(54)37(25(3)4)50-44(56)59-7/h12-17,19-21,24-25,33-34,36-37H,10-11,18,22-23H2,1-9H3,(H,45,47)(H,46,48)(H,49,55)(H,50,56)/t33-,34-,36-,37-/m0/s1. The van der Waals surface area contributed by atoms with Gasteiger partial charge in [0, 0.05) is 23.7 Å². The van der Waals surface area contributed by atoms with Crippen molar-refractivity contribution >= 4 is 53.9 Å². The van der Waals surface area contributed by atoms with Crippen molar-refractivity contribution in [2.24, 2.45) is 11.8 Å². The molecular formula is C44H56N8O7Si. The van der Waals surface area contributed by atoms with Crippen LogP contribution in [0.5, 0.6) is 5.75 Å². The van der Waals surface area contributed by atoms with E-state index >= 15 is 0 Å². The summed E-state index contributed by atoms with van der Waals surface area (Å²) in [6, 6.07) is 15.4. The van der Waals surface area contributed by atoms with Gasteiger partial charge in [-0.05, 0) is 71.5 Å². The van der Waals surface area contributed by atoms with Crippen LogP contribution < -0.4 is 15.4 Å². The first-order valence-corrected chi connectivity index (χ1v) is 24.0. The zero-order valence-corrected chi connectivity index (χ0v) is 36.8. The van der Waals surface area contributed by atoms with Gasteiger partial charge < -0.3 is 44.6 Å². The van der Waals surface area contributed by atoms with E-state index in [4.69, 9.17) is 24.2 Å². The molecule has 2 fully saturated rings. The second-order valence-electron chi connectivity index (χ2n) is 17.4. The van der Waals surface area contributed by atoms with Crippen LogP contribution in [0.3, 0.4) is 0 Å². The van der Waals surface area contributed by atoms with Crippen molar-refractivity contribution in [3.8, 4) is 28.1 Å². The molecule has 0 radical (unpaired) electrons. The fourth-order valence-electron chi connectivity index (χ4n) is 8.71. The highest BCUT2D eigenvalue weighted by molar-refractivity contribution is 6.78. The number of amides is 4. The van der Waals surface area contributed by atoms with Crippen LogP contribution in [0.15, 0.2) is 54.7 Å². The Morgan fingerprint density at radius 2 is 1.45 bits per heavy atom. The van der Waals surface area contributed by atoms with Gasteiger partial charge in [0.05, 0.1) is 64.4 Å². The molecule has 60 heavy (non-hydrogen) atoms. The van der Waals surface area contributed by atoms with Crippen LogP contribution in [0, 0.1) is 11.8 Å². The maximum atomic E-state index is 14.0. The average Bonchev–Trinajstić information content (AvgIpc) is 4.06. The third kappa shape index (κ3) is 8.29. The Morgan fingerprint density at radius 1 is 0.800 bits per heavy atom. The van der Waals surface area contributed by atoms with Crippen molar-refractivity contribution in [2.45, 2.75) is 83.8 Å². The molecule has 4 heterocycles. The average molecular weight is 837 g/mol. The highest BCUT2D eigenvalue weighted by Gasteiger charge is 2.46. The molecule has 2 saturated heterocycles. The number of H-pyrrole nitrogens is 2. The molecule has 2 aromatic heterocycles. The highest BCUT2D eigenvalue weighted by atomic mass is 28.3. The number of ether oxygens (including phenoxy) is 3. The summed E-state index contributed by atoms with van der Waals surface area (Å²) in [5.74, 6) is 1.56. The summed E-state index contributed by atoms with van der Waals surface area (Å²) in [6.45, 7) is 12.7. The number of hydrogen-bond donors (Lipinski definition) is 4. The number of nitrogens with one attached hydrogen (secondary N) is 4. The number of hydrogen-bond acceptors (Lipinski definition) is 9. The first-order valence-electron chi connectivity index (χ1n) is 20.6. The lowest BCUT2D eigenvalue weighted by atomic mass is 9.98. The number of likely N-dealkylation sites (tertiary alicyclic amines) is 1. The summed E-state index contributed by atoms with van der Waals surface area (Å²) in [5.41, 5.74) is 5.31. The summed E-state index contributed by atoms with van der Waals surface area (Å²) in [7, 11) is 2.44. The monoisotopic (exact) mass is 836 g/mol. The smallest absolute Gasteiger partial charge is 0.407 e. The van der Waals surface area contributed by atoms with E-state index in [0.29, 0.717) is 24.3 Å². The first-order chi connectivity index (χ1) is 28.6. The molecule has 5 aromatic rings. The summed E-state index contributed by atoms with van der Waals surface area (Å²) >= 11 is 0. The summed E-state index contributed by atoms with van der Waals surface area (Å²) in [6.07, 6.45) is 2.79. The number of alkyl carbamates (subject to hydrolysis) is 2. The number of aromatic amines is 2. The van der Waals surface area contributed by atoms with Gasteiger partial charge in [-0.3, -0.25) is 9.59 Å². The lowest BCUT2D eigenvalue weighted by molar-refractivity contribution is -0.136. The molecule has 15 nitrogen and oxygen atoms in total. The Hall–Kier alpha value is -5.90. The zero-order chi connectivity index (χ0) is 43.0. The molecule has 0 bridgehead atoms. The number of methoxy groups -OCH3 is 3. The van der Waals surface area contributed by atoms with Crippen LogP contribution >= 0.6 is 0 Å². The van der Waals surface area contributed by atoms with Gasteiger partial charge in [0.15, 0.2) is 0 Å². The highest BCUT2D eigenvalue weighted by Crippen LogP contribution is 2.41. The van der Waals surface area contributed by atoms with E-state index in [1.54, 1.807) is 13.3 Å². The summed E-state index contributed by atoms with van der Waals surface area (Å²) < 4.78 is 15.6. The molecule has 4 atom stereocenters. The molecule has 4 amide bonds. The van der Waals surface area contributed by atoms with Crippen molar-refractivity contribution < 1.29 is 33.4 Å². The van der Waals surface area contributed by atoms with E-state index in [1.165, 1.54) is 14.2 Å². The van der Waals surface area contributed by atoms with Gasteiger partial charge in [-0.15, -0.1) is 0 Å². The van der Waals surface area contributed by atoms with Gasteiger partial charge in [0.1, 0.15) is 29.5 Å². The third-order valence-corrected chi connectivity index (χ3v) is 14.5. The van der Waals surface area contributed by atoms with Crippen LogP contribution in [0.2, 0.25) is 19.1 Å². The molecule has 0 aliphatic carbocycles. The Labute approximate surface area is 351 Å². The number of aromatic nitrogens is 4. The number of nitrogens with zero attached hydrogens (tertiary/aromatic N) is 4. The summed E-state index contributed by atoms with van der Waals surface area (Å²) in [5, 5.41) is 7.46. The molecule has 3 aromatic carbocycles. The number of rotatable bonds is 11. The van der Waals surface area contributed by atoms with Crippen LogP contribution in [-0.2, 0) is 19.1 Å². The molecule has 0 spiro atoms. The van der Waals surface area contributed by atoms with Gasteiger partial charge in [-0.1, -0.05) is 65.1 Å². The van der Waals surface area contributed by atoms with E-state index in [9.17, 15) is 19.2 Å². The first kappa shape index (κ1) is 42.2. The molecule has 318 valence electrons. The predicted molar refractivity (Wildman–Crippen MR) is 232 cm³/mol. The van der Waals surface area contributed by atoms with Crippen LogP contribution in [0.1, 0.15) is 64.3 Å². The quantitative estimate of drug-likeness (QED) is 0.0990. The van der Waals surface area contributed by atoms with Gasteiger partial charge in [0.25, 0.3) is 0 Å². The second-order valence-corrected chi connectivity index (χ2v) is 22.4. The van der Waals surface area contributed by atoms with Crippen molar-refractivity contribution in [3.63, 3.8) is 0 Å². The predicted octanol–water partition coefficient (Wildman–Crippen LogP) is 7.34. The van der Waals surface area contributed by atoms with E-state index in [1.807, 2.05) is 55.7 Å². The van der Waals surface area contributed by atoms with E-state index < -0.39 is 32.3 Å². The number of benzene rings is 3. The lowest BCUT2D eigenvalue weighted by Gasteiger charge is -2.30. The molecule has 2 aliphatic heterocycles. The lowest BCUT2D eigenvalue weighted by Crippen LogP contribution is -2.52. The van der Waals surface area contributed by atoms with Gasteiger partial charge in [0.2, 0.25) is 11.8 Å². The van der Waals surface area contributed by atoms with Crippen molar-refractivity contribution in [2.75, 3.05) is 34.0 Å². The van der Waals surface area contributed by atoms with Crippen LogP contribution in [0.4, 0.5) is 9.59 Å². The number of carbonyl (C=O) groups is 4. The van der Waals surface area contributed by atoms with E-state index in [0.717, 1.165) is 68.9 Å². The number of fused-ring (bicyclic) bond motifs is 3. The van der Waals surface area contributed by atoms with Gasteiger partial charge >= 0.3 is 12.2 Å². The summed E-state index contributed by atoms with van der Waals surface area (Å²) in [4.78, 5) is 72.4. The van der Waals surface area contributed by atoms with Gasteiger partial charge in [-0.2, -0.15) is 0 Å². The molecule has 2 aliphatic rings. The third-order valence-electron chi connectivity index (χ3n) is 11.9. The number of carbonyl (C=O) groups excluding carboxylic acids is 4. The Bertz CT molecular complexity index is 2430. The SMILES string of the molecule is COC(=O)N[C@H](C(=O)N1C[Si](C)(C)C[C@H]1c1ncc(-c2ccc(-c3ccc4c(ccc5[nH]c([C@@H]6CCCN6C(=O)[C@@H](NC(=O)OC)C(C)C)nc54)c3)cc2OC)[nH]1)C(C)C. The van der Waals surface area contributed by atoms with Crippen LogP contribution in [0.25, 0.3) is 44.2 Å². The second kappa shape index (κ2) is 17.0. The fourth-order valence-corrected chi connectivity index (χ4v) is 11.6. The maximum absolute atomic E-state index is 14.0. The van der Waals surface area contributed by atoms with Crippen molar-refractivity contribution in [1.29, 1.82) is 0 Å². The number of imidazole rings is 2. The molecule has 7 rings (SSSR count). The molecular weight excluding hydrogens is 781 g/mol. The van der Waals surface area contributed by atoms with Gasteiger partial charge in [-0.25, -0.2) is 19.6 Å². The van der Waals surface area contributed by atoms with E-state index in [2.05, 4.69) is 64.0 Å².